The standard InChI is InChI=1S/C72H54N2/c1-72(2)68-26-16-15-25-65(68)66-46-44-62(49-69(66)72)74(61-40-31-55(32-41-61)52-21-11-5-12-22-52)70-48-47-63(67-45-35-56-23-13-6-14-24-64(56)71(67)70)57-33-42-60(43-34-57)73(58-36-27-53(28-37-58)50-17-7-3-8-18-50)59-38-29-54(30-39-59)51-19-9-4-10-20-51/h3-5,7-49H,6H2,1-2H3. The molecule has 0 radical (unpaired) electrons. The van der Waals surface area contributed by atoms with Crippen LogP contribution in [0.3, 0.4) is 0 Å². The summed E-state index contributed by atoms with van der Waals surface area (Å²) in [5.41, 5.74) is 23.8. The Kier molecular flexibility index (Phi) is 11.3. The largest absolute Gasteiger partial charge is 0.311 e. The van der Waals surface area contributed by atoms with Crippen LogP contribution in [0.4, 0.5) is 34.1 Å². The van der Waals surface area contributed by atoms with Crippen molar-refractivity contribution >= 4 is 57.0 Å². The highest BCUT2D eigenvalue weighted by Gasteiger charge is 2.36. The van der Waals surface area contributed by atoms with Gasteiger partial charge >= 0.3 is 0 Å². The number of nitrogens with zero attached hydrogens (tertiary/aromatic N) is 2. The number of allylic oxidation sites excluding steroid dienone is 2. The average Bonchev–Trinajstić information content (AvgIpc) is 3.57. The normalized spacial score (nSPS) is 12.9. The van der Waals surface area contributed by atoms with Crippen molar-refractivity contribution in [3.8, 4) is 55.6 Å². The summed E-state index contributed by atoms with van der Waals surface area (Å²) >= 11 is 0. The first-order valence-corrected chi connectivity index (χ1v) is 25.8. The molecule has 11 aromatic carbocycles. The van der Waals surface area contributed by atoms with Crippen LogP contribution in [0.25, 0.3) is 78.6 Å². The van der Waals surface area contributed by atoms with Crippen molar-refractivity contribution in [2.45, 2.75) is 25.7 Å². The summed E-state index contributed by atoms with van der Waals surface area (Å²) < 4.78 is 0. The van der Waals surface area contributed by atoms with Gasteiger partial charge in [0.25, 0.3) is 0 Å². The maximum Gasteiger partial charge on any atom is 0.0546 e. The first-order chi connectivity index (χ1) is 36.5. The Morgan fingerprint density at radius 1 is 0.324 bits per heavy atom. The average molecular weight is 947 g/mol. The first kappa shape index (κ1) is 44.7. The number of benzene rings is 11. The van der Waals surface area contributed by atoms with Gasteiger partial charge in [-0.1, -0.05) is 226 Å². The van der Waals surface area contributed by atoms with E-state index in [-0.39, 0.29) is 5.41 Å². The molecule has 2 aliphatic carbocycles. The van der Waals surface area contributed by atoms with Gasteiger partial charge in [-0.2, -0.15) is 0 Å². The zero-order valence-corrected chi connectivity index (χ0v) is 41.7. The minimum Gasteiger partial charge on any atom is -0.311 e. The molecule has 352 valence electrons. The van der Waals surface area contributed by atoms with Gasteiger partial charge in [0.05, 0.1) is 5.69 Å². The van der Waals surface area contributed by atoms with E-state index in [4.69, 9.17) is 0 Å². The van der Waals surface area contributed by atoms with Crippen LogP contribution in [-0.2, 0) is 5.41 Å². The van der Waals surface area contributed by atoms with E-state index in [1.54, 1.807) is 0 Å². The quantitative estimate of drug-likeness (QED) is 0.135. The highest BCUT2D eigenvalue weighted by molar-refractivity contribution is 6.11. The summed E-state index contributed by atoms with van der Waals surface area (Å²) in [6.45, 7) is 4.74. The zero-order chi connectivity index (χ0) is 49.6. The molecule has 0 saturated carbocycles. The van der Waals surface area contributed by atoms with Crippen LogP contribution < -0.4 is 9.80 Å². The SMILES string of the molecule is CC1(C)c2ccccc2-c2ccc(N(c3ccc(-c4ccccc4)cc3)c3ccc(-c4ccc(N(c5ccc(-c6ccccc6)cc5)c5ccc(-c6ccccc6)cc5)cc4)c4ccc5c(c34)C=CCC=C5)cc21. The molecule has 0 aromatic heterocycles. The third kappa shape index (κ3) is 8.02. The fourth-order valence-electron chi connectivity index (χ4n) is 11.5. The second kappa shape index (κ2) is 18.7. The Labute approximate surface area is 435 Å². The van der Waals surface area contributed by atoms with Crippen molar-refractivity contribution in [2.75, 3.05) is 9.80 Å². The van der Waals surface area contributed by atoms with Gasteiger partial charge < -0.3 is 9.80 Å². The Morgan fingerprint density at radius 2 is 0.757 bits per heavy atom. The van der Waals surface area contributed by atoms with E-state index >= 15 is 0 Å². The van der Waals surface area contributed by atoms with E-state index in [2.05, 4.69) is 303 Å². The summed E-state index contributed by atoms with van der Waals surface area (Å²) in [7, 11) is 0. The molecule has 74 heavy (non-hydrogen) atoms. The summed E-state index contributed by atoms with van der Waals surface area (Å²) in [6, 6.07) is 93.4. The first-order valence-electron chi connectivity index (χ1n) is 25.8. The minimum absolute atomic E-state index is 0.152. The molecule has 0 N–H and O–H groups in total. The van der Waals surface area contributed by atoms with Gasteiger partial charge in [0.15, 0.2) is 0 Å². The third-order valence-electron chi connectivity index (χ3n) is 15.3. The number of fused-ring (bicyclic) bond motifs is 6. The van der Waals surface area contributed by atoms with Crippen molar-refractivity contribution in [2.24, 2.45) is 0 Å². The Bertz CT molecular complexity index is 3810. The second-order valence-corrected chi connectivity index (χ2v) is 20.0. The molecule has 0 aliphatic heterocycles. The van der Waals surface area contributed by atoms with Crippen LogP contribution in [0.15, 0.2) is 267 Å². The summed E-state index contributed by atoms with van der Waals surface area (Å²) in [5.74, 6) is 0. The lowest BCUT2D eigenvalue weighted by Crippen LogP contribution is -2.16. The predicted molar refractivity (Wildman–Crippen MR) is 315 cm³/mol. The Morgan fingerprint density at radius 3 is 1.31 bits per heavy atom. The molecule has 0 bridgehead atoms. The highest BCUT2D eigenvalue weighted by Crippen LogP contribution is 2.52. The Hall–Kier alpha value is -9.24. The molecule has 0 fully saturated rings. The summed E-state index contributed by atoms with van der Waals surface area (Å²) in [4.78, 5) is 4.86. The van der Waals surface area contributed by atoms with Crippen molar-refractivity contribution < 1.29 is 0 Å². The molecule has 0 heterocycles. The van der Waals surface area contributed by atoms with Crippen molar-refractivity contribution in [1.82, 2.24) is 0 Å². The van der Waals surface area contributed by atoms with Gasteiger partial charge in [-0.25, -0.2) is 0 Å². The highest BCUT2D eigenvalue weighted by atomic mass is 15.1. The van der Waals surface area contributed by atoms with Crippen LogP contribution in [0.5, 0.6) is 0 Å². The molecular weight excluding hydrogens is 893 g/mol. The molecule has 0 atom stereocenters. The topological polar surface area (TPSA) is 6.48 Å². The molecule has 2 aliphatic rings. The Balaban J connectivity index is 0.950. The fraction of sp³-hybridized carbons (Fsp3) is 0.0556. The molecule has 2 heteroatoms. The van der Waals surface area contributed by atoms with Crippen LogP contribution in [0.1, 0.15) is 42.5 Å². The van der Waals surface area contributed by atoms with Gasteiger partial charge in [-0.05, 0) is 156 Å². The van der Waals surface area contributed by atoms with Crippen molar-refractivity contribution in [3.63, 3.8) is 0 Å². The van der Waals surface area contributed by atoms with Gasteiger partial charge in [0.1, 0.15) is 0 Å². The second-order valence-electron chi connectivity index (χ2n) is 20.0. The van der Waals surface area contributed by atoms with Crippen LogP contribution in [0.2, 0.25) is 0 Å². The fourth-order valence-corrected chi connectivity index (χ4v) is 11.5. The smallest absolute Gasteiger partial charge is 0.0546 e. The monoisotopic (exact) mass is 946 g/mol. The van der Waals surface area contributed by atoms with Crippen LogP contribution >= 0.6 is 0 Å². The lowest BCUT2D eigenvalue weighted by molar-refractivity contribution is 0.660. The van der Waals surface area contributed by atoms with Crippen molar-refractivity contribution in [3.05, 3.63) is 289 Å². The van der Waals surface area contributed by atoms with E-state index in [9.17, 15) is 0 Å². The van der Waals surface area contributed by atoms with E-state index in [0.717, 1.165) is 46.1 Å². The van der Waals surface area contributed by atoms with Gasteiger partial charge in [0, 0.05) is 39.2 Å². The maximum absolute atomic E-state index is 2.50. The van der Waals surface area contributed by atoms with E-state index in [1.807, 2.05) is 0 Å². The van der Waals surface area contributed by atoms with E-state index in [0.29, 0.717) is 0 Å². The zero-order valence-electron chi connectivity index (χ0n) is 41.7. The summed E-state index contributed by atoms with van der Waals surface area (Å²) in [6.07, 6.45) is 10.1. The maximum atomic E-state index is 2.50. The van der Waals surface area contributed by atoms with Gasteiger partial charge in [0.2, 0.25) is 0 Å². The minimum atomic E-state index is -0.152. The molecule has 0 unspecified atom stereocenters. The predicted octanol–water partition coefficient (Wildman–Crippen LogP) is 20.2. The molecule has 13 rings (SSSR count). The molecule has 0 saturated heterocycles. The van der Waals surface area contributed by atoms with E-state index in [1.165, 1.54) is 83.1 Å². The molecular formula is C72H54N2. The van der Waals surface area contributed by atoms with Gasteiger partial charge in [-0.15, -0.1) is 0 Å². The lowest BCUT2D eigenvalue weighted by atomic mass is 9.82. The molecule has 0 spiro atoms. The van der Waals surface area contributed by atoms with Crippen LogP contribution in [0, 0.1) is 0 Å². The molecule has 0 amide bonds. The van der Waals surface area contributed by atoms with Crippen LogP contribution in [-0.4, -0.2) is 0 Å². The lowest BCUT2D eigenvalue weighted by Gasteiger charge is -2.30. The third-order valence-corrected chi connectivity index (χ3v) is 15.3. The molecule has 2 nitrogen and oxygen atoms in total. The number of hydrogen-bond acceptors (Lipinski definition) is 2. The van der Waals surface area contributed by atoms with Gasteiger partial charge in [-0.3, -0.25) is 0 Å². The molecule has 11 aromatic rings. The number of hydrogen-bond donors (Lipinski definition) is 0. The number of anilines is 6. The van der Waals surface area contributed by atoms with Crippen molar-refractivity contribution in [1.29, 1.82) is 0 Å². The van der Waals surface area contributed by atoms with E-state index < -0.39 is 0 Å². The summed E-state index contributed by atoms with van der Waals surface area (Å²) in [5, 5.41) is 2.43. The number of rotatable bonds is 10.